The molecular weight excluding hydrogens is 308 g/mol. The van der Waals surface area contributed by atoms with E-state index in [0.717, 1.165) is 5.84 Å². The first-order valence-electron chi connectivity index (χ1n) is 7.86. The van der Waals surface area contributed by atoms with Gasteiger partial charge in [0.2, 0.25) is 5.84 Å². The molecule has 120 valence electrons. The molecule has 0 aromatic heterocycles. The van der Waals surface area contributed by atoms with Gasteiger partial charge in [-0.25, -0.2) is 4.90 Å². The minimum atomic E-state index is 0. The normalized spacial score (nSPS) is 28.3. The Balaban J connectivity index is 0.00000156. The summed E-state index contributed by atoms with van der Waals surface area (Å²) in [5, 5.41) is 0. The second kappa shape index (κ2) is 6.40. The molecular formula is C18H21ClN4. The maximum absolute atomic E-state index is 5.02. The van der Waals surface area contributed by atoms with Crippen molar-refractivity contribution in [2.24, 2.45) is 15.9 Å². The highest BCUT2D eigenvalue weighted by Crippen LogP contribution is 2.38. The SMILES string of the molecule is CN(C)C1CC(C2=C3C=NC=C[NH+]3C(c3ccccc3)=N2)C1.[Cl-]. The van der Waals surface area contributed by atoms with Crippen LogP contribution in [0.2, 0.25) is 0 Å². The minimum absolute atomic E-state index is 0. The molecule has 2 heterocycles. The number of hydrogen-bond acceptors (Lipinski definition) is 3. The van der Waals surface area contributed by atoms with Gasteiger partial charge in [-0.05, 0) is 39.1 Å². The molecule has 0 spiro atoms. The first-order valence-corrected chi connectivity index (χ1v) is 7.86. The fourth-order valence-corrected chi connectivity index (χ4v) is 3.41. The van der Waals surface area contributed by atoms with Crippen LogP contribution < -0.4 is 17.3 Å². The van der Waals surface area contributed by atoms with Crippen LogP contribution in [0.4, 0.5) is 0 Å². The number of fused-ring (bicyclic) bond motifs is 1. The molecule has 1 aliphatic carbocycles. The van der Waals surface area contributed by atoms with E-state index in [1.165, 1.54) is 34.7 Å². The van der Waals surface area contributed by atoms with E-state index in [4.69, 9.17) is 4.99 Å². The second-order valence-electron chi connectivity index (χ2n) is 6.42. The summed E-state index contributed by atoms with van der Waals surface area (Å²) in [5.41, 5.74) is 3.65. The van der Waals surface area contributed by atoms with Crippen LogP contribution in [0, 0.1) is 5.92 Å². The molecule has 5 heteroatoms. The Bertz CT molecular complexity index is 697. The van der Waals surface area contributed by atoms with Crippen LogP contribution in [0.3, 0.4) is 0 Å². The third-order valence-corrected chi connectivity index (χ3v) is 4.86. The highest BCUT2D eigenvalue weighted by molar-refractivity contribution is 5.98. The molecule has 0 bridgehead atoms. The molecule has 1 saturated carbocycles. The maximum Gasteiger partial charge on any atom is 0.243 e. The van der Waals surface area contributed by atoms with Gasteiger partial charge < -0.3 is 17.3 Å². The van der Waals surface area contributed by atoms with Gasteiger partial charge in [0.05, 0.1) is 18.0 Å². The van der Waals surface area contributed by atoms with E-state index in [9.17, 15) is 0 Å². The van der Waals surface area contributed by atoms with Gasteiger partial charge in [0.15, 0.2) is 5.70 Å². The summed E-state index contributed by atoms with van der Waals surface area (Å²) in [6.07, 6.45) is 8.33. The van der Waals surface area contributed by atoms with Gasteiger partial charge in [0.25, 0.3) is 0 Å². The lowest BCUT2D eigenvalue weighted by molar-refractivity contribution is -0.689. The summed E-state index contributed by atoms with van der Waals surface area (Å²) < 4.78 is 0. The fraction of sp³-hybridized carbons (Fsp3) is 0.333. The Labute approximate surface area is 143 Å². The molecule has 2 aliphatic heterocycles. The Hall–Kier alpha value is -1.75. The molecule has 1 N–H and O–H groups in total. The number of amidine groups is 1. The summed E-state index contributed by atoms with van der Waals surface area (Å²) in [5.74, 6) is 1.66. The van der Waals surface area contributed by atoms with Crippen LogP contribution in [0.15, 0.2) is 64.1 Å². The van der Waals surface area contributed by atoms with Crippen molar-refractivity contribution >= 4 is 12.1 Å². The zero-order valence-corrected chi connectivity index (χ0v) is 14.2. The van der Waals surface area contributed by atoms with Crippen molar-refractivity contribution in [3.63, 3.8) is 0 Å². The molecule has 3 aliphatic rings. The third-order valence-electron chi connectivity index (χ3n) is 4.86. The van der Waals surface area contributed by atoms with E-state index in [0.29, 0.717) is 12.0 Å². The van der Waals surface area contributed by atoms with Crippen molar-refractivity contribution in [2.75, 3.05) is 14.1 Å². The van der Waals surface area contributed by atoms with Crippen LogP contribution in [-0.4, -0.2) is 37.1 Å². The third kappa shape index (κ3) is 2.78. The van der Waals surface area contributed by atoms with Crippen molar-refractivity contribution < 1.29 is 17.3 Å². The number of halogens is 1. The average molecular weight is 329 g/mol. The average Bonchev–Trinajstić information content (AvgIpc) is 2.86. The fourth-order valence-electron chi connectivity index (χ4n) is 3.41. The lowest BCUT2D eigenvalue weighted by atomic mass is 9.77. The van der Waals surface area contributed by atoms with Gasteiger partial charge in [-0.2, -0.15) is 4.99 Å². The zero-order chi connectivity index (χ0) is 15.1. The number of benzene rings is 1. The lowest BCUT2D eigenvalue weighted by Gasteiger charge is -2.39. The monoisotopic (exact) mass is 328 g/mol. The summed E-state index contributed by atoms with van der Waals surface area (Å²) in [6, 6.07) is 11.1. The number of rotatable bonds is 3. The molecule has 1 atom stereocenters. The van der Waals surface area contributed by atoms with Gasteiger partial charge >= 0.3 is 0 Å². The topological polar surface area (TPSA) is 32.4 Å². The van der Waals surface area contributed by atoms with Crippen molar-refractivity contribution in [1.29, 1.82) is 0 Å². The standard InChI is InChI=1S/C18H20N4.ClH/c1-21(2)15-10-14(11-15)17-16-12-19-8-9-22(16)18(20-17)13-6-4-3-5-7-13;/h3-9,12,14-15H,10-11H2,1-2H3;1H. The number of hydrogen-bond donors (Lipinski definition) is 1. The number of nitrogens with zero attached hydrogens (tertiary/aromatic N) is 3. The Morgan fingerprint density at radius 1 is 1.13 bits per heavy atom. The van der Waals surface area contributed by atoms with E-state index in [2.05, 4.69) is 54.5 Å². The summed E-state index contributed by atoms with van der Waals surface area (Å²) in [7, 11) is 4.32. The van der Waals surface area contributed by atoms with Crippen molar-refractivity contribution in [3.05, 3.63) is 59.7 Å². The zero-order valence-electron chi connectivity index (χ0n) is 13.4. The van der Waals surface area contributed by atoms with Crippen molar-refractivity contribution in [3.8, 4) is 0 Å². The van der Waals surface area contributed by atoms with E-state index in [1.807, 2.05) is 18.5 Å². The van der Waals surface area contributed by atoms with Crippen LogP contribution in [0.25, 0.3) is 0 Å². The van der Waals surface area contributed by atoms with Crippen LogP contribution in [0.5, 0.6) is 0 Å². The Kier molecular flexibility index (Phi) is 4.48. The predicted octanol–water partition coefficient (Wildman–Crippen LogP) is -1.56. The van der Waals surface area contributed by atoms with Crippen molar-refractivity contribution in [2.45, 2.75) is 18.9 Å². The van der Waals surface area contributed by atoms with Gasteiger partial charge in [-0.15, -0.1) is 0 Å². The van der Waals surface area contributed by atoms with Crippen LogP contribution in [-0.2, 0) is 0 Å². The minimum Gasteiger partial charge on any atom is -1.00 e. The van der Waals surface area contributed by atoms with Gasteiger partial charge in [-0.3, -0.25) is 4.99 Å². The summed E-state index contributed by atoms with van der Waals surface area (Å²) in [4.78, 5) is 12.9. The number of aliphatic imine (C=N–C) groups is 2. The number of nitrogens with one attached hydrogen (secondary N) is 1. The summed E-state index contributed by atoms with van der Waals surface area (Å²) in [6.45, 7) is 0. The summed E-state index contributed by atoms with van der Waals surface area (Å²) >= 11 is 0. The quantitative estimate of drug-likeness (QED) is 0.715. The van der Waals surface area contributed by atoms with Crippen LogP contribution >= 0.6 is 0 Å². The molecule has 4 rings (SSSR count). The molecule has 1 aromatic rings. The van der Waals surface area contributed by atoms with Gasteiger partial charge in [-0.1, -0.05) is 18.2 Å². The highest BCUT2D eigenvalue weighted by Gasteiger charge is 2.41. The van der Waals surface area contributed by atoms with E-state index in [1.54, 1.807) is 0 Å². The molecule has 1 aromatic carbocycles. The molecule has 0 radical (unpaired) electrons. The van der Waals surface area contributed by atoms with E-state index >= 15 is 0 Å². The molecule has 0 amide bonds. The van der Waals surface area contributed by atoms with Gasteiger partial charge in [0, 0.05) is 12.0 Å². The molecule has 0 saturated heterocycles. The van der Waals surface area contributed by atoms with Gasteiger partial charge in [0.1, 0.15) is 11.9 Å². The molecule has 23 heavy (non-hydrogen) atoms. The number of quaternary nitrogens is 1. The molecule has 1 fully saturated rings. The second-order valence-corrected chi connectivity index (χ2v) is 6.42. The Morgan fingerprint density at radius 2 is 1.87 bits per heavy atom. The van der Waals surface area contributed by atoms with Crippen LogP contribution in [0.1, 0.15) is 18.4 Å². The lowest BCUT2D eigenvalue weighted by Crippen LogP contribution is -3.08. The number of allylic oxidation sites excluding steroid dienone is 2. The van der Waals surface area contributed by atoms with E-state index < -0.39 is 0 Å². The predicted molar refractivity (Wildman–Crippen MR) is 88.8 cm³/mol. The largest absolute Gasteiger partial charge is 1.00 e. The van der Waals surface area contributed by atoms with E-state index in [-0.39, 0.29) is 12.4 Å². The highest BCUT2D eigenvalue weighted by atomic mass is 35.5. The molecule has 1 unspecified atom stereocenters. The first-order chi connectivity index (χ1) is 10.7. The Morgan fingerprint density at radius 3 is 2.57 bits per heavy atom. The smallest absolute Gasteiger partial charge is 0.243 e. The first kappa shape index (κ1) is 16.1. The van der Waals surface area contributed by atoms with Crippen molar-refractivity contribution in [1.82, 2.24) is 4.90 Å². The maximum atomic E-state index is 5.02. The molecule has 4 nitrogen and oxygen atoms in total.